The van der Waals surface area contributed by atoms with Crippen molar-refractivity contribution in [2.75, 3.05) is 19.1 Å². The van der Waals surface area contributed by atoms with Crippen LogP contribution in [-0.4, -0.2) is 33.5 Å². The summed E-state index contributed by atoms with van der Waals surface area (Å²) in [5, 5.41) is 3.04. The fraction of sp³-hybridized carbons (Fsp3) is 0.571. The molecule has 1 aromatic carbocycles. The highest BCUT2D eigenvalue weighted by molar-refractivity contribution is 9.10. The number of thioether (sulfide) groups is 1. The van der Waals surface area contributed by atoms with Crippen molar-refractivity contribution < 1.29 is 8.42 Å². The summed E-state index contributed by atoms with van der Waals surface area (Å²) in [6.07, 6.45) is 2.83. The van der Waals surface area contributed by atoms with Gasteiger partial charge < -0.3 is 5.32 Å². The molecule has 2 N–H and O–H groups in total. The van der Waals surface area contributed by atoms with Crippen LogP contribution in [0.5, 0.6) is 0 Å². The fourth-order valence-corrected chi connectivity index (χ4v) is 4.93. The van der Waals surface area contributed by atoms with Gasteiger partial charge in [-0.05, 0) is 72.4 Å². The second kappa shape index (κ2) is 8.53. The lowest BCUT2D eigenvalue weighted by Crippen LogP contribution is -2.33. The van der Waals surface area contributed by atoms with Crippen LogP contribution in [-0.2, 0) is 16.6 Å². The molecular formula is C14H23BrN2O2S2. The molecule has 0 aliphatic rings. The molecule has 0 aliphatic heterocycles. The molecule has 120 valence electrons. The van der Waals surface area contributed by atoms with Crippen molar-refractivity contribution in [3.8, 4) is 0 Å². The van der Waals surface area contributed by atoms with Gasteiger partial charge in [0.25, 0.3) is 0 Å². The highest BCUT2D eigenvalue weighted by atomic mass is 79.9. The van der Waals surface area contributed by atoms with Gasteiger partial charge >= 0.3 is 0 Å². The van der Waals surface area contributed by atoms with E-state index in [1.54, 1.807) is 17.8 Å². The van der Waals surface area contributed by atoms with Crippen molar-refractivity contribution in [1.82, 2.24) is 10.0 Å². The van der Waals surface area contributed by atoms with E-state index in [1.807, 2.05) is 33.2 Å². The molecule has 0 heterocycles. The number of aryl methyl sites for hydroxylation is 1. The standard InChI is InChI=1S/C14H23BrN2O2S2/c1-10-7-12(9-16-3)8-13(14(10)15)21(18,19)17-11(2)5-6-20-4/h7-8,11,16-17H,5-6,9H2,1-4H3. The normalized spacial score (nSPS) is 13.4. The minimum Gasteiger partial charge on any atom is -0.316 e. The summed E-state index contributed by atoms with van der Waals surface area (Å²) in [6.45, 7) is 4.43. The van der Waals surface area contributed by atoms with Crippen LogP contribution in [0.2, 0.25) is 0 Å². The van der Waals surface area contributed by atoms with Crippen molar-refractivity contribution in [3.63, 3.8) is 0 Å². The van der Waals surface area contributed by atoms with E-state index in [1.165, 1.54) is 0 Å². The topological polar surface area (TPSA) is 58.2 Å². The van der Waals surface area contributed by atoms with Gasteiger partial charge in [0.2, 0.25) is 10.0 Å². The van der Waals surface area contributed by atoms with Gasteiger partial charge in [-0.3, -0.25) is 0 Å². The minimum atomic E-state index is -3.52. The molecule has 0 aliphatic carbocycles. The van der Waals surface area contributed by atoms with Gasteiger partial charge in [-0.1, -0.05) is 6.07 Å². The van der Waals surface area contributed by atoms with E-state index in [2.05, 4.69) is 26.0 Å². The molecule has 0 saturated heterocycles. The molecule has 0 bridgehead atoms. The summed E-state index contributed by atoms with van der Waals surface area (Å²) in [4.78, 5) is 0.309. The first-order chi connectivity index (χ1) is 9.81. The summed E-state index contributed by atoms with van der Waals surface area (Å²) in [7, 11) is -1.68. The number of benzene rings is 1. The molecule has 0 fully saturated rings. The number of rotatable bonds is 8. The second-order valence-electron chi connectivity index (χ2n) is 5.06. The highest BCUT2D eigenvalue weighted by Gasteiger charge is 2.21. The summed E-state index contributed by atoms with van der Waals surface area (Å²) in [5.41, 5.74) is 1.87. The van der Waals surface area contributed by atoms with Gasteiger partial charge in [0, 0.05) is 17.1 Å². The van der Waals surface area contributed by atoms with Crippen LogP contribution < -0.4 is 10.0 Å². The first-order valence-corrected chi connectivity index (χ1v) is 10.4. The molecule has 0 radical (unpaired) electrons. The van der Waals surface area contributed by atoms with Crippen molar-refractivity contribution in [2.24, 2.45) is 0 Å². The van der Waals surface area contributed by atoms with Gasteiger partial charge in [0.15, 0.2) is 0 Å². The van der Waals surface area contributed by atoms with E-state index < -0.39 is 10.0 Å². The molecule has 0 saturated carbocycles. The fourth-order valence-electron chi connectivity index (χ4n) is 1.99. The monoisotopic (exact) mass is 394 g/mol. The Labute approximate surface area is 140 Å². The van der Waals surface area contributed by atoms with Gasteiger partial charge in [-0.15, -0.1) is 0 Å². The highest BCUT2D eigenvalue weighted by Crippen LogP contribution is 2.27. The zero-order valence-corrected chi connectivity index (χ0v) is 16.1. The third-order valence-corrected chi connectivity index (χ3v) is 6.64. The van der Waals surface area contributed by atoms with Crippen molar-refractivity contribution >= 4 is 37.7 Å². The summed E-state index contributed by atoms with van der Waals surface area (Å²) < 4.78 is 28.5. The number of nitrogens with one attached hydrogen (secondary N) is 2. The smallest absolute Gasteiger partial charge is 0.241 e. The Hall–Kier alpha value is -0.0800. The van der Waals surface area contributed by atoms with E-state index in [0.717, 1.165) is 23.3 Å². The number of sulfonamides is 1. The quantitative estimate of drug-likeness (QED) is 0.711. The Kier molecular flexibility index (Phi) is 7.70. The second-order valence-corrected chi connectivity index (χ2v) is 8.52. The summed E-state index contributed by atoms with van der Waals surface area (Å²) >= 11 is 5.11. The van der Waals surface area contributed by atoms with E-state index in [0.29, 0.717) is 15.9 Å². The van der Waals surface area contributed by atoms with E-state index >= 15 is 0 Å². The Balaban J connectivity index is 3.06. The molecule has 7 heteroatoms. The molecule has 0 aromatic heterocycles. The van der Waals surface area contributed by atoms with Gasteiger partial charge in [0.05, 0.1) is 4.90 Å². The zero-order valence-electron chi connectivity index (χ0n) is 12.9. The number of hydrogen-bond donors (Lipinski definition) is 2. The van der Waals surface area contributed by atoms with E-state index in [-0.39, 0.29) is 6.04 Å². The molecule has 1 aromatic rings. The Morgan fingerprint density at radius 3 is 2.62 bits per heavy atom. The minimum absolute atomic E-state index is 0.0809. The number of halogens is 1. The molecule has 1 atom stereocenters. The third kappa shape index (κ3) is 5.56. The van der Waals surface area contributed by atoms with Gasteiger partial charge in [-0.25, -0.2) is 13.1 Å². The molecule has 21 heavy (non-hydrogen) atoms. The van der Waals surface area contributed by atoms with Crippen molar-refractivity contribution in [3.05, 3.63) is 27.7 Å². The molecule has 0 amide bonds. The Bertz CT molecular complexity index is 577. The molecule has 4 nitrogen and oxygen atoms in total. The van der Waals surface area contributed by atoms with Crippen LogP contribution in [0, 0.1) is 6.92 Å². The maximum Gasteiger partial charge on any atom is 0.241 e. The average Bonchev–Trinajstić information content (AvgIpc) is 2.40. The Morgan fingerprint density at radius 1 is 1.38 bits per heavy atom. The lowest BCUT2D eigenvalue weighted by molar-refractivity contribution is 0.556. The summed E-state index contributed by atoms with van der Waals surface area (Å²) in [6, 6.07) is 3.62. The van der Waals surface area contributed by atoms with Crippen LogP contribution in [0.1, 0.15) is 24.5 Å². The first-order valence-electron chi connectivity index (χ1n) is 6.76. The van der Waals surface area contributed by atoms with Gasteiger partial charge in [-0.2, -0.15) is 11.8 Å². The van der Waals surface area contributed by atoms with Crippen LogP contribution >= 0.6 is 27.7 Å². The molecular weight excluding hydrogens is 372 g/mol. The largest absolute Gasteiger partial charge is 0.316 e. The maximum atomic E-state index is 12.6. The van der Waals surface area contributed by atoms with Crippen LogP contribution in [0.4, 0.5) is 0 Å². The van der Waals surface area contributed by atoms with Crippen LogP contribution in [0.15, 0.2) is 21.5 Å². The van der Waals surface area contributed by atoms with Crippen LogP contribution in [0.3, 0.4) is 0 Å². The van der Waals surface area contributed by atoms with E-state index in [4.69, 9.17) is 0 Å². The molecule has 1 unspecified atom stereocenters. The lowest BCUT2D eigenvalue weighted by Gasteiger charge is -2.16. The van der Waals surface area contributed by atoms with Gasteiger partial charge in [0.1, 0.15) is 0 Å². The van der Waals surface area contributed by atoms with E-state index in [9.17, 15) is 8.42 Å². The third-order valence-electron chi connectivity index (χ3n) is 3.06. The summed E-state index contributed by atoms with van der Waals surface area (Å²) in [5.74, 6) is 0.934. The SMILES string of the molecule is CNCc1cc(C)c(Br)c(S(=O)(=O)NC(C)CCSC)c1. The maximum absolute atomic E-state index is 12.6. The zero-order chi connectivity index (χ0) is 16.0. The average molecular weight is 395 g/mol. The predicted octanol–water partition coefficient (Wildman–Crippen LogP) is 2.90. The first kappa shape index (κ1) is 19.0. The molecule has 1 rings (SSSR count). The number of hydrogen-bond acceptors (Lipinski definition) is 4. The van der Waals surface area contributed by atoms with Crippen molar-refractivity contribution in [1.29, 1.82) is 0 Å². The Morgan fingerprint density at radius 2 is 2.05 bits per heavy atom. The van der Waals surface area contributed by atoms with Crippen molar-refractivity contribution in [2.45, 2.75) is 37.8 Å². The lowest BCUT2D eigenvalue weighted by atomic mass is 10.1. The predicted molar refractivity (Wildman–Crippen MR) is 94.4 cm³/mol. The molecule has 0 spiro atoms. The van der Waals surface area contributed by atoms with Crippen LogP contribution in [0.25, 0.3) is 0 Å².